The molecule has 0 spiro atoms. The van der Waals surface area contributed by atoms with Crippen LogP contribution in [0.15, 0.2) is 0 Å². The summed E-state index contributed by atoms with van der Waals surface area (Å²) in [6.45, 7) is -0.562. The Morgan fingerprint density at radius 1 is 1.75 bits per heavy atom. The molecule has 0 rings (SSSR count). The first-order valence-electron chi connectivity index (χ1n) is 1.65. The van der Waals surface area contributed by atoms with E-state index in [0.29, 0.717) is 0 Å². The number of aliphatic hydroxyl groups is 1. The Morgan fingerprint density at radius 2 is 2.25 bits per heavy atom. The van der Waals surface area contributed by atoms with Gasteiger partial charge in [0.2, 0.25) is 0 Å². The van der Waals surface area contributed by atoms with Crippen molar-refractivity contribution < 1.29 is 15.0 Å². The first kappa shape index (κ1) is 11.0. The van der Waals surface area contributed by atoms with Crippen LogP contribution >= 0.6 is 0 Å². The first-order chi connectivity index (χ1) is 3.27. The Hall–Kier alpha value is 0.160. The second-order valence-corrected chi connectivity index (χ2v) is 0.780. The van der Waals surface area contributed by atoms with E-state index in [1.54, 1.807) is 0 Å². The van der Waals surface area contributed by atoms with Crippen LogP contribution in [0.1, 0.15) is 0 Å². The third-order valence-corrected chi connectivity index (χ3v) is 0.288. The Kier molecular flexibility index (Phi) is 9.87. The maximum atomic E-state index is 9.23. The zero-order chi connectivity index (χ0) is 5.70. The average Bonchev–Trinajstić information content (AvgIpc) is 1.61. The summed E-state index contributed by atoms with van der Waals surface area (Å²) in [5.41, 5.74) is 0. The number of aliphatic hydroxyl groups excluding tert-OH is 1. The summed E-state index contributed by atoms with van der Waals surface area (Å²) < 4.78 is 0. The van der Waals surface area contributed by atoms with E-state index in [-0.39, 0.29) is 42.8 Å². The number of rotatable bonds is 3. The summed E-state index contributed by atoms with van der Waals surface area (Å²) in [6, 6.07) is 0. The molecule has 0 aromatic carbocycles. The molecule has 0 aromatic heterocycles. The molecule has 6 heteroatoms. The van der Waals surface area contributed by atoms with Gasteiger partial charge in [-0.3, -0.25) is 0 Å². The van der Waals surface area contributed by atoms with Gasteiger partial charge in [0.25, 0.3) is 5.09 Å². The Morgan fingerprint density at radius 3 is 2.38 bits per heavy atom. The zero-order valence-electron chi connectivity index (χ0n) is 3.53. The maximum absolute atomic E-state index is 9.23. The van der Waals surface area contributed by atoms with Crippen LogP contribution in [0.5, 0.6) is 0 Å². The molecule has 0 aliphatic heterocycles. The van der Waals surface area contributed by atoms with E-state index in [0.717, 1.165) is 0 Å². The monoisotopic (exact) mass is 131 g/mol. The molecule has 0 atom stereocenters. The van der Waals surface area contributed by atoms with Crippen LogP contribution in [-0.4, -0.2) is 53.0 Å². The quantitative estimate of drug-likeness (QED) is 0.288. The van der Waals surface area contributed by atoms with Crippen molar-refractivity contribution in [3.05, 3.63) is 10.1 Å². The van der Waals surface area contributed by atoms with Crippen LogP contribution in [0.4, 0.5) is 0 Å². The molecule has 0 saturated heterocycles. The predicted molar refractivity (Wildman–Crippen MR) is 27.2 cm³/mol. The fraction of sp³-hybridized carbons (Fsp3) is 1.00. The van der Waals surface area contributed by atoms with Gasteiger partial charge in [0.05, 0.1) is 6.61 Å². The van der Waals surface area contributed by atoms with Crippen molar-refractivity contribution in [2.45, 2.75) is 0 Å². The molecule has 0 amide bonds. The molecule has 0 saturated carbocycles. The van der Waals surface area contributed by atoms with E-state index in [4.69, 9.17) is 5.11 Å². The standard InChI is InChI=1S/C2H5NO4.Na.H/c4-1-2-7-3(5)6;;/h4H,1-2H2;;. The molecular weight excluding hydrogens is 125 g/mol. The normalized spacial score (nSPS) is 7.12. The van der Waals surface area contributed by atoms with E-state index in [9.17, 15) is 10.1 Å². The molecule has 0 bridgehead atoms. The van der Waals surface area contributed by atoms with E-state index in [1.807, 2.05) is 0 Å². The second-order valence-electron chi connectivity index (χ2n) is 0.780. The third-order valence-electron chi connectivity index (χ3n) is 0.288. The Bertz CT molecular complexity index is 67.1. The van der Waals surface area contributed by atoms with Gasteiger partial charge in [0.1, 0.15) is 6.61 Å². The Labute approximate surface area is 68.0 Å². The van der Waals surface area contributed by atoms with E-state index in [1.165, 1.54) is 0 Å². The van der Waals surface area contributed by atoms with Crippen molar-refractivity contribution in [2.75, 3.05) is 13.2 Å². The number of nitrogens with zero attached hydrogens (tertiary/aromatic N) is 1. The fourth-order valence-corrected chi connectivity index (χ4v) is 0.115. The van der Waals surface area contributed by atoms with Crippen molar-refractivity contribution in [3.63, 3.8) is 0 Å². The topological polar surface area (TPSA) is 72.6 Å². The van der Waals surface area contributed by atoms with Gasteiger partial charge in [-0.2, -0.15) is 0 Å². The van der Waals surface area contributed by atoms with E-state index in [2.05, 4.69) is 4.84 Å². The molecule has 0 unspecified atom stereocenters. The van der Waals surface area contributed by atoms with Crippen LogP contribution in [0, 0.1) is 10.1 Å². The van der Waals surface area contributed by atoms with Gasteiger partial charge in [-0.1, -0.05) is 0 Å². The van der Waals surface area contributed by atoms with Gasteiger partial charge in [0, 0.05) is 0 Å². The molecule has 0 heterocycles. The zero-order valence-corrected chi connectivity index (χ0v) is 3.53. The summed E-state index contributed by atoms with van der Waals surface area (Å²) in [7, 11) is 0. The fourth-order valence-electron chi connectivity index (χ4n) is 0.115. The second kappa shape index (κ2) is 7.16. The molecule has 0 aromatic rings. The average molecular weight is 131 g/mol. The summed E-state index contributed by atoms with van der Waals surface area (Å²) in [5, 5.41) is 16.2. The molecule has 1 N–H and O–H groups in total. The molecule has 0 aliphatic rings. The van der Waals surface area contributed by atoms with E-state index < -0.39 is 5.09 Å². The van der Waals surface area contributed by atoms with Gasteiger partial charge in [-0.05, 0) is 0 Å². The van der Waals surface area contributed by atoms with E-state index >= 15 is 0 Å². The summed E-state index contributed by atoms with van der Waals surface area (Å²) in [6.07, 6.45) is 0. The molecule has 0 radical (unpaired) electrons. The van der Waals surface area contributed by atoms with Crippen molar-refractivity contribution in [1.82, 2.24) is 0 Å². The summed E-state index contributed by atoms with van der Waals surface area (Å²) in [4.78, 5) is 12.9. The SMILES string of the molecule is O=[N+]([O-])OCCO.[NaH]. The van der Waals surface area contributed by atoms with Gasteiger partial charge in [0.15, 0.2) is 0 Å². The number of hydrogen-bond donors (Lipinski definition) is 1. The van der Waals surface area contributed by atoms with Crippen molar-refractivity contribution in [2.24, 2.45) is 0 Å². The molecule has 0 fully saturated rings. The van der Waals surface area contributed by atoms with Gasteiger partial charge in [-0.15, -0.1) is 10.1 Å². The van der Waals surface area contributed by atoms with Crippen LogP contribution in [0.2, 0.25) is 0 Å². The van der Waals surface area contributed by atoms with Gasteiger partial charge < -0.3 is 9.94 Å². The molecule has 0 aliphatic carbocycles. The predicted octanol–water partition coefficient (Wildman–Crippen LogP) is -1.46. The Balaban J connectivity index is 0. The van der Waals surface area contributed by atoms with Crippen molar-refractivity contribution in [1.29, 1.82) is 0 Å². The molecule has 44 valence electrons. The molecule has 5 nitrogen and oxygen atoms in total. The van der Waals surface area contributed by atoms with Crippen molar-refractivity contribution >= 4 is 29.6 Å². The minimum atomic E-state index is -0.948. The van der Waals surface area contributed by atoms with Crippen LogP contribution in [-0.2, 0) is 4.84 Å². The summed E-state index contributed by atoms with van der Waals surface area (Å²) >= 11 is 0. The molecule has 8 heavy (non-hydrogen) atoms. The minimum absolute atomic E-state index is 0. The summed E-state index contributed by atoms with van der Waals surface area (Å²) in [5.74, 6) is 0. The molecular formula is C2H6NNaO4. The van der Waals surface area contributed by atoms with Crippen molar-refractivity contribution in [3.8, 4) is 0 Å². The van der Waals surface area contributed by atoms with Gasteiger partial charge >= 0.3 is 29.6 Å². The number of hydrogen-bond acceptors (Lipinski definition) is 4. The van der Waals surface area contributed by atoms with Gasteiger partial charge in [-0.25, -0.2) is 0 Å². The first-order valence-corrected chi connectivity index (χ1v) is 1.65. The third kappa shape index (κ3) is 9.48. The van der Waals surface area contributed by atoms with Crippen LogP contribution in [0.25, 0.3) is 0 Å². The van der Waals surface area contributed by atoms with Crippen LogP contribution < -0.4 is 0 Å². The van der Waals surface area contributed by atoms with Crippen LogP contribution in [0.3, 0.4) is 0 Å².